The van der Waals surface area contributed by atoms with Gasteiger partial charge in [-0.2, -0.15) is 0 Å². The summed E-state index contributed by atoms with van der Waals surface area (Å²) in [5, 5.41) is 2.79. The van der Waals surface area contributed by atoms with E-state index in [9.17, 15) is 4.79 Å². The molecule has 0 unspecified atom stereocenters. The Morgan fingerprint density at radius 2 is 2.44 bits per heavy atom. The molecular weight excluding hydrogens is 218 g/mol. The fourth-order valence-electron chi connectivity index (χ4n) is 1.77. The highest BCUT2D eigenvalue weighted by atomic mass is 32.2. The Morgan fingerprint density at radius 3 is 3.25 bits per heavy atom. The van der Waals surface area contributed by atoms with Crippen molar-refractivity contribution in [2.24, 2.45) is 0 Å². The van der Waals surface area contributed by atoms with Crippen LogP contribution in [0, 0.1) is 0 Å². The monoisotopic (exact) mass is 233 g/mol. The van der Waals surface area contributed by atoms with E-state index in [1.54, 1.807) is 6.08 Å². The predicted molar refractivity (Wildman–Crippen MR) is 68.0 cm³/mol. The summed E-state index contributed by atoms with van der Waals surface area (Å²) in [6.45, 7) is 4.10. The molecule has 84 valence electrons. The number of fused-ring (bicyclic) bond motifs is 1. The molecule has 0 radical (unpaired) electrons. The lowest BCUT2D eigenvalue weighted by Gasteiger charge is -2.15. The van der Waals surface area contributed by atoms with Gasteiger partial charge in [-0.1, -0.05) is 6.08 Å². The largest absolute Gasteiger partial charge is 0.349 e. The van der Waals surface area contributed by atoms with E-state index in [4.69, 9.17) is 0 Å². The molecule has 2 rings (SSSR count). The Balaban J connectivity index is 2.16. The van der Waals surface area contributed by atoms with E-state index >= 15 is 0 Å². The molecule has 1 N–H and O–H groups in total. The Morgan fingerprint density at radius 1 is 1.56 bits per heavy atom. The van der Waals surface area contributed by atoms with Gasteiger partial charge in [-0.3, -0.25) is 4.79 Å². The molecular formula is C13H15NOS. The summed E-state index contributed by atoms with van der Waals surface area (Å²) < 4.78 is 0. The molecule has 0 spiro atoms. The third-order valence-electron chi connectivity index (χ3n) is 2.58. The Hall–Kier alpha value is -1.22. The van der Waals surface area contributed by atoms with Crippen molar-refractivity contribution < 1.29 is 4.79 Å². The number of carbonyl (C=O) groups excluding carboxylic acids is 1. The summed E-state index contributed by atoms with van der Waals surface area (Å²) in [5.41, 5.74) is 2.06. The smallest absolute Gasteiger partial charge is 0.251 e. The van der Waals surface area contributed by atoms with Gasteiger partial charge in [-0.05, 0) is 42.4 Å². The Labute approximate surface area is 100 Å². The highest BCUT2D eigenvalue weighted by Gasteiger charge is 2.12. The summed E-state index contributed by atoms with van der Waals surface area (Å²) >= 11 is 1.88. The predicted octanol–water partition coefficient (Wildman–Crippen LogP) is 2.64. The van der Waals surface area contributed by atoms with E-state index < -0.39 is 0 Å². The van der Waals surface area contributed by atoms with Crippen LogP contribution in [0.2, 0.25) is 0 Å². The third-order valence-corrected chi connectivity index (χ3v) is 3.78. The zero-order valence-corrected chi connectivity index (χ0v) is 9.98. The Kier molecular flexibility index (Phi) is 3.67. The van der Waals surface area contributed by atoms with Crippen molar-refractivity contribution in [3.8, 4) is 0 Å². The summed E-state index contributed by atoms with van der Waals surface area (Å²) in [6.07, 6.45) is 3.98. The number of rotatable bonds is 3. The number of amides is 1. The molecule has 1 aliphatic rings. The van der Waals surface area contributed by atoms with Crippen LogP contribution in [0.25, 0.3) is 0 Å². The SMILES string of the molecule is C=CCNC(=O)c1ccc2c(c1)CCCS2. The van der Waals surface area contributed by atoms with Gasteiger partial charge in [0.2, 0.25) is 0 Å². The molecule has 2 nitrogen and oxygen atoms in total. The van der Waals surface area contributed by atoms with Gasteiger partial charge >= 0.3 is 0 Å². The molecule has 0 saturated carbocycles. The number of aryl methyl sites for hydroxylation is 1. The first kappa shape index (κ1) is 11.3. The van der Waals surface area contributed by atoms with E-state index in [1.165, 1.54) is 22.6 Å². The van der Waals surface area contributed by atoms with Crippen LogP contribution in [0.3, 0.4) is 0 Å². The van der Waals surface area contributed by atoms with Gasteiger partial charge in [-0.15, -0.1) is 18.3 Å². The molecule has 3 heteroatoms. The molecule has 1 aliphatic heterocycles. The first-order chi connectivity index (χ1) is 7.81. The van der Waals surface area contributed by atoms with Crippen molar-refractivity contribution in [3.63, 3.8) is 0 Å². The molecule has 0 saturated heterocycles. The van der Waals surface area contributed by atoms with Gasteiger partial charge in [0.15, 0.2) is 0 Å². The van der Waals surface area contributed by atoms with Crippen molar-refractivity contribution in [2.75, 3.05) is 12.3 Å². The Bertz CT molecular complexity index is 414. The number of carbonyl (C=O) groups is 1. The first-order valence-corrected chi connectivity index (χ1v) is 6.44. The normalized spacial score (nSPS) is 14.0. The minimum Gasteiger partial charge on any atom is -0.349 e. The summed E-state index contributed by atoms with van der Waals surface area (Å²) in [7, 11) is 0. The summed E-state index contributed by atoms with van der Waals surface area (Å²) in [5.74, 6) is 1.17. The van der Waals surface area contributed by atoms with Gasteiger partial charge in [0.1, 0.15) is 0 Å². The lowest BCUT2D eigenvalue weighted by atomic mass is 10.1. The summed E-state index contributed by atoms with van der Waals surface area (Å²) in [4.78, 5) is 13.0. The molecule has 1 aromatic carbocycles. The van der Waals surface area contributed by atoms with Crippen LogP contribution in [0.1, 0.15) is 22.3 Å². The molecule has 0 fully saturated rings. The minimum absolute atomic E-state index is 0.0155. The van der Waals surface area contributed by atoms with E-state index in [0.717, 1.165) is 12.0 Å². The van der Waals surface area contributed by atoms with Crippen LogP contribution in [0.15, 0.2) is 35.7 Å². The van der Waals surface area contributed by atoms with Crippen LogP contribution in [-0.4, -0.2) is 18.2 Å². The standard InChI is InChI=1S/C13H15NOS/c1-2-7-14-13(15)11-5-6-12-10(9-11)4-3-8-16-12/h2,5-6,9H,1,3-4,7-8H2,(H,14,15). The quantitative estimate of drug-likeness (QED) is 0.813. The average molecular weight is 233 g/mol. The summed E-state index contributed by atoms with van der Waals surface area (Å²) in [6, 6.07) is 5.97. The van der Waals surface area contributed by atoms with Gasteiger partial charge in [0.25, 0.3) is 5.91 Å². The maximum Gasteiger partial charge on any atom is 0.251 e. The van der Waals surface area contributed by atoms with Gasteiger partial charge in [0, 0.05) is 17.0 Å². The van der Waals surface area contributed by atoms with Gasteiger partial charge in [0.05, 0.1) is 0 Å². The number of hydrogen-bond acceptors (Lipinski definition) is 2. The van der Waals surface area contributed by atoms with E-state index in [-0.39, 0.29) is 5.91 Å². The third kappa shape index (κ3) is 2.47. The highest BCUT2D eigenvalue weighted by Crippen LogP contribution is 2.30. The second kappa shape index (κ2) is 5.21. The molecule has 1 amide bonds. The van der Waals surface area contributed by atoms with Crippen molar-refractivity contribution in [2.45, 2.75) is 17.7 Å². The van der Waals surface area contributed by atoms with Crippen molar-refractivity contribution in [1.29, 1.82) is 0 Å². The molecule has 0 atom stereocenters. The van der Waals surface area contributed by atoms with Gasteiger partial charge < -0.3 is 5.32 Å². The van der Waals surface area contributed by atoms with Crippen molar-refractivity contribution in [3.05, 3.63) is 42.0 Å². The fourth-order valence-corrected chi connectivity index (χ4v) is 2.79. The fraction of sp³-hybridized carbons (Fsp3) is 0.308. The molecule has 16 heavy (non-hydrogen) atoms. The zero-order valence-electron chi connectivity index (χ0n) is 9.16. The topological polar surface area (TPSA) is 29.1 Å². The number of hydrogen-bond donors (Lipinski definition) is 1. The lowest BCUT2D eigenvalue weighted by Crippen LogP contribution is -2.23. The maximum atomic E-state index is 11.7. The van der Waals surface area contributed by atoms with Crippen LogP contribution in [-0.2, 0) is 6.42 Å². The average Bonchev–Trinajstić information content (AvgIpc) is 2.35. The second-order valence-electron chi connectivity index (χ2n) is 3.77. The number of nitrogens with one attached hydrogen (secondary N) is 1. The number of benzene rings is 1. The van der Waals surface area contributed by atoms with Gasteiger partial charge in [-0.25, -0.2) is 0 Å². The first-order valence-electron chi connectivity index (χ1n) is 5.46. The molecule has 0 aromatic heterocycles. The molecule has 1 aromatic rings. The van der Waals surface area contributed by atoms with Crippen molar-refractivity contribution in [1.82, 2.24) is 5.32 Å². The van der Waals surface area contributed by atoms with E-state index in [1.807, 2.05) is 23.9 Å². The molecule has 1 heterocycles. The van der Waals surface area contributed by atoms with Crippen LogP contribution in [0.5, 0.6) is 0 Å². The molecule has 0 aliphatic carbocycles. The zero-order chi connectivity index (χ0) is 11.4. The number of thioether (sulfide) groups is 1. The maximum absolute atomic E-state index is 11.7. The van der Waals surface area contributed by atoms with E-state index in [0.29, 0.717) is 6.54 Å². The second-order valence-corrected chi connectivity index (χ2v) is 4.91. The van der Waals surface area contributed by atoms with Crippen LogP contribution in [0.4, 0.5) is 0 Å². The lowest BCUT2D eigenvalue weighted by molar-refractivity contribution is 0.0958. The van der Waals surface area contributed by atoms with E-state index in [2.05, 4.69) is 18.0 Å². The van der Waals surface area contributed by atoms with Crippen LogP contribution >= 0.6 is 11.8 Å². The minimum atomic E-state index is -0.0155. The highest BCUT2D eigenvalue weighted by molar-refractivity contribution is 7.99. The molecule has 0 bridgehead atoms. The van der Waals surface area contributed by atoms with Crippen LogP contribution < -0.4 is 5.32 Å². The van der Waals surface area contributed by atoms with Crippen molar-refractivity contribution >= 4 is 17.7 Å².